The van der Waals surface area contributed by atoms with Gasteiger partial charge in [-0.25, -0.2) is 4.68 Å². The fourth-order valence-electron chi connectivity index (χ4n) is 3.96. The molecule has 3 rings (SSSR count). The first-order valence-electron chi connectivity index (χ1n) is 11.2. The number of benzene rings is 1. The summed E-state index contributed by atoms with van der Waals surface area (Å²) in [5.41, 5.74) is 3.46. The summed E-state index contributed by atoms with van der Waals surface area (Å²) < 4.78 is 1.80. The number of hydrogen-bond acceptors (Lipinski definition) is 3. The van der Waals surface area contributed by atoms with Gasteiger partial charge < -0.3 is 10.2 Å². The van der Waals surface area contributed by atoms with Crippen molar-refractivity contribution < 1.29 is 9.59 Å². The number of nitrogens with one attached hydrogen (secondary N) is 1. The fourth-order valence-corrected chi connectivity index (χ4v) is 4.25. The van der Waals surface area contributed by atoms with Gasteiger partial charge in [0.1, 0.15) is 0 Å². The summed E-state index contributed by atoms with van der Waals surface area (Å²) >= 11 is 12.2. The van der Waals surface area contributed by atoms with E-state index in [-0.39, 0.29) is 23.8 Å². The monoisotopic (exact) mass is 478 g/mol. The van der Waals surface area contributed by atoms with Crippen molar-refractivity contribution in [1.82, 2.24) is 20.0 Å². The molecule has 0 radical (unpaired) electrons. The zero-order valence-electron chi connectivity index (χ0n) is 19.4. The van der Waals surface area contributed by atoms with Crippen molar-refractivity contribution in [2.45, 2.75) is 59.9 Å². The Hall–Kier alpha value is -2.05. The van der Waals surface area contributed by atoms with Crippen LogP contribution in [0.2, 0.25) is 10.0 Å². The van der Waals surface area contributed by atoms with Gasteiger partial charge in [-0.05, 0) is 57.7 Å². The lowest BCUT2D eigenvalue weighted by Crippen LogP contribution is -2.46. The van der Waals surface area contributed by atoms with Crippen LogP contribution in [-0.2, 0) is 16.0 Å². The average molecular weight is 479 g/mol. The molecule has 1 atom stereocenters. The number of aryl methyl sites for hydroxylation is 1. The summed E-state index contributed by atoms with van der Waals surface area (Å²) in [7, 11) is 0. The Morgan fingerprint density at radius 2 is 1.78 bits per heavy atom. The summed E-state index contributed by atoms with van der Waals surface area (Å²) in [5.74, 6) is 0.547. The molecular formula is C24H32Cl2N4O2. The van der Waals surface area contributed by atoms with Gasteiger partial charge in [0, 0.05) is 36.3 Å². The number of nitrogens with zero attached hydrogens (tertiary/aromatic N) is 3. The Balaban J connectivity index is 1.63. The Morgan fingerprint density at radius 3 is 2.38 bits per heavy atom. The molecule has 1 saturated heterocycles. The first kappa shape index (κ1) is 24.6. The van der Waals surface area contributed by atoms with Crippen molar-refractivity contribution in [2.75, 3.05) is 13.1 Å². The van der Waals surface area contributed by atoms with Crippen molar-refractivity contribution in [2.24, 2.45) is 11.8 Å². The minimum atomic E-state index is -0.0267. The highest BCUT2D eigenvalue weighted by Crippen LogP contribution is 2.27. The molecule has 2 heterocycles. The van der Waals surface area contributed by atoms with Crippen molar-refractivity contribution in [3.63, 3.8) is 0 Å². The Bertz CT molecular complexity index is 994. The van der Waals surface area contributed by atoms with Gasteiger partial charge in [-0.15, -0.1) is 0 Å². The van der Waals surface area contributed by atoms with Gasteiger partial charge in [-0.2, -0.15) is 5.10 Å². The van der Waals surface area contributed by atoms with Crippen molar-refractivity contribution in [3.05, 3.63) is 45.2 Å². The summed E-state index contributed by atoms with van der Waals surface area (Å²) in [6, 6.07) is 5.52. The second-order valence-corrected chi connectivity index (χ2v) is 9.85. The average Bonchev–Trinajstić information content (AvgIpc) is 3.03. The van der Waals surface area contributed by atoms with Gasteiger partial charge in [0.15, 0.2) is 0 Å². The molecule has 1 aromatic heterocycles. The van der Waals surface area contributed by atoms with Gasteiger partial charge in [0.2, 0.25) is 11.8 Å². The molecule has 8 heteroatoms. The van der Waals surface area contributed by atoms with Crippen molar-refractivity contribution in [1.29, 1.82) is 0 Å². The molecule has 1 aliphatic rings. The first-order chi connectivity index (χ1) is 15.1. The van der Waals surface area contributed by atoms with Gasteiger partial charge in [0.25, 0.3) is 0 Å². The van der Waals surface area contributed by atoms with E-state index in [2.05, 4.69) is 24.3 Å². The predicted octanol–water partition coefficient (Wildman–Crippen LogP) is 4.74. The van der Waals surface area contributed by atoms with Gasteiger partial charge in [-0.3, -0.25) is 9.59 Å². The molecule has 0 saturated carbocycles. The molecule has 2 aromatic rings. The van der Waals surface area contributed by atoms with E-state index in [0.29, 0.717) is 48.3 Å². The molecule has 0 aliphatic carbocycles. The third-order valence-corrected chi connectivity index (χ3v) is 7.24. The molecule has 1 aliphatic heterocycles. The maximum absolute atomic E-state index is 13.0. The van der Waals surface area contributed by atoms with E-state index in [1.165, 1.54) is 0 Å². The highest BCUT2D eigenvalue weighted by Gasteiger charge is 2.29. The summed E-state index contributed by atoms with van der Waals surface area (Å²) in [6.07, 6.45) is 1.69. The zero-order chi connectivity index (χ0) is 23.6. The van der Waals surface area contributed by atoms with Crippen LogP contribution >= 0.6 is 23.2 Å². The van der Waals surface area contributed by atoms with Gasteiger partial charge in [0.05, 0.1) is 27.8 Å². The van der Waals surface area contributed by atoms with Crippen molar-refractivity contribution >= 4 is 35.0 Å². The minimum absolute atomic E-state index is 0.0267. The molecule has 174 valence electrons. The number of carbonyl (C=O) groups excluding carboxylic acids is 2. The standard InChI is InChI=1S/C24H32Cl2N4O2/c1-14(2)15(3)27-24(32)18-8-10-29(11-9-18)23(31)13-20-16(4)28-30(17(20)5)19-6-7-21(25)22(26)12-19/h6-7,12,14-15,18H,8-11,13H2,1-5H3,(H,27,32). The van der Waals surface area contributed by atoms with E-state index in [1.54, 1.807) is 16.8 Å². The fraction of sp³-hybridized carbons (Fsp3) is 0.542. The molecule has 6 nitrogen and oxygen atoms in total. The Morgan fingerprint density at radius 1 is 1.12 bits per heavy atom. The lowest BCUT2D eigenvalue weighted by molar-refractivity contribution is -0.135. The Kier molecular flexibility index (Phi) is 7.88. The number of rotatable bonds is 6. The highest BCUT2D eigenvalue weighted by atomic mass is 35.5. The van der Waals surface area contributed by atoms with Gasteiger partial charge >= 0.3 is 0 Å². The second kappa shape index (κ2) is 10.3. The van der Waals surface area contributed by atoms with Crippen LogP contribution < -0.4 is 5.32 Å². The van der Waals surface area contributed by atoms with Crippen LogP contribution in [0.3, 0.4) is 0 Å². The topological polar surface area (TPSA) is 67.2 Å². The predicted molar refractivity (Wildman–Crippen MR) is 129 cm³/mol. The molecular weight excluding hydrogens is 447 g/mol. The molecule has 32 heavy (non-hydrogen) atoms. The van der Waals surface area contributed by atoms with E-state index in [0.717, 1.165) is 22.6 Å². The maximum Gasteiger partial charge on any atom is 0.227 e. The molecule has 0 bridgehead atoms. The van der Waals surface area contributed by atoms with Crippen molar-refractivity contribution in [3.8, 4) is 5.69 Å². The van der Waals surface area contributed by atoms with Crippen LogP contribution in [0.25, 0.3) is 5.69 Å². The number of piperidine rings is 1. The highest BCUT2D eigenvalue weighted by molar-refractivity contribution is 6.42. The van der Waals surface area contributed by atoms with Crippen LogP contribution in [-0.4, -0.2) is 45.6 Å². The second-order valence-electron chi connectivity index (χ2n) is 9.03. The van der Waals surface area contributed by atoms with Crippen LogP contribution in [0, 0.1) is 25.7 Å². The number of halogens is 2. The lowest BCUT2D eigenvalue weighted by atomic mass is 9.94. The summed E-state index contributed by atoms with van der Waals surface area (Å²) in [4.78, 5) is 27.4. The largest absolute Gasteiger partial charge is 0.353 e. The van der Waals surface area contributed by atoms with Gasteiger partial charge in [-0.1, -0.05) is 37.0 Å². The lowest BCUT2D eigenvalue weighted by Gasteiger charge is -2.32. The van der Waals surface area contributed by atoms with E-state index in [9.17, 15) is 9.59 Å². The molecule has 1 unspecified atom stereocenters. The number of likely N-dealkylation sites (tertiary alicyclic amines) is 1. The molecule has 1 fully saturated rings. The first-order valence-corrected chi connectivity index (χ1v) is 11.9. The van der Waals surface area contributed by atoms with E-state index >= 15 is 0 Å². The summed E-state index contributed by atoms with van der Waals surface area (Å²) in [5, 5.41) is 8.67. The van der Waals surface area contributed by atoms with Crippen LogP contribution in [0.15, 0.2) is 18.2 Å². The number of amides is 2. The molecule has 1 N–H and O–H groups in total. The third-order valence-electron chi connectivity index (χ3n) is 6.51. The quantitative estimate of drug-likeness (QED) is 0.651. The van der Waals surface area contributed by atoms with Crippen LogP contribution in [0.4, 0.5) is 0 Å². The third kappa shape index (κ3) is 5.46. The van der Waals surface area contributed by atoms with Crippen LogP contribution in [0.1, 0.15) is 50.6 Å². The number of aromatic nitrogens is 2. The normalized spacial score (nSPS) is 15.8. The minimum Gasteiger partial charge on any atom is -0.353 e. The van der Waals surface area contributed by atoms with Crippen LogP contribution in [0.5, 0.6) is 0 Å². The number of carbonyl (C=O) groups is 2. The number of hydrogen-bond donors (Lipinski definition) is 1. The maximum atomic E-state index is 13.0. The molecule has 0 spiro atoms. The summed E-state index contributed by atoms with van der Waals surface area (Å²) in [6.45, 7) is 11.3. The molecule has 2 amide bonds. The zero-order valence-corrected chi connectivity index (χ0v) is 20.9. The Labute approximate surface area is 200 Å². The van der Waals surface area contributed by atoms with E-state index in [1.807, 2.05) is 31.7 Å². The van der Waals surface area contributed by atoms with E-state index in [4.69, 9.17) is 23.2 Å². The molecule has 1 aromatic carbocycles. The SMILES string of the molecule is Cc1nn(-c2ccc(Cl)c(Cl)c2)c(C)c1CC(=O)N1CCC(C(=O)NC(C)C(C)C)CC1. The smallest absolute Gasteiger partial charge is 0.227 e. The van der Waals surface area contributed by atoms with E-state index < -0.39 is 0 Å².